The van der Waals surface area contributed by atoms with Crippen LogP contribution in [0.3, 0.4) is 0 Å². The Bertz CT molecular complexity index is 705. The zero-order valence-corrected chi connectivity index (χ0v) is 10.7. The molecule has 0 atom stereocenters. The van der Waals surface area contributed by atoms with E-state index < -0.39 is 24.0 Å². The summed E-state index contributed by atoms with van der Waals surface area (Å²) in [5.41, 5.74) is 0.0537. The molecular formula is C13H11N3O5. The van der Waals surface area contributed by atoms with Crippen LogP contribution < -0.4 is 15.6 Å². The molecule has 1 heterocycles. The first-order valence-electron chi connectivity index (χ1n) is 5.85. The summed E-state index contributed by atoms with van der Waals surface area (Å²) in [6.45, 7) is -0.473. The Morgan fingerprint density at radius 2 is 2.19 bits per heavy atom. The maximum Gasteiger partial charge on any atom is 0.341 e. The first-order chi connectivity index (χ1) is 10.0. The molecule has 1 aromatic carbocycles. The fraction of sp³-hybridized carbons (Fsp3) is 0.0769. The number of nitrogens with zero attached hydrogens (tertiary/aromatic N) is 1. The number of H-pyrrole nitrogens is 1. The van der Waals surface area contributed by atoms with Crippen LogP contribution >= 0.6 is 0 Å². The number of carboxylic acids is 1. The van der Waals surface area contributed by atoms with E-state index in [0.29, 0.717) is 11.4 Å². The van der Waals surface area contributed by atoms with Crippen molar-refractivity contribution in [3.63, 3.8) is 0 Å². The molecule has 0 unspecified atom stereocenters. The van der Waals surface area contributed by atoms with E-state index in [9.17, 15) is 14.4 Å². The van der Waals surface area contributed by atoms with Crippen LogP contribution in [-0.2, 0) is 4.79 Å². The molecule has 0 aliphatic carbocycles. The van der Waals surface area contributed by atoms with Gasteiger partial charge >= 0.3 is 5.97 Å². The van der Waals surface area contributed by atoms with Crippen molar-refractivity contribution < 1.29 is 19.4 Å². The molecule has 1 amide bonds. The summed E-state index contributed by atoms with van der Waals surface area (Å²) in [6.07, 6.45) is 2.20. The van der Waals surface area contributed by atoms with Crippen molar-refractivity contribution in [1.82, 2.24) is 9.97 Å². The molecule has 8 heteroatoms. The fourth-order valence-corrected chi connectivity index (χ4v) is 1.47. The van der Waals surface area contributed by atoms with Crippen LogP contribution in [0, 0.1) is 0 Å². The van der Waals surface area contributed by atoms with E-state index in [0.717, 1.165) is 6.20 Å². The van der Waals surface area contributed by atoms with Gasteiger partial charge < -0.3 is 20.1 Å². The van der Waals surface area contributed by atoms with E-state index >= 15 is 0 Å². The van der Waals surface area contributed by atoms with Crippen molar-refractivity contribution in [2.75, 3.05) is 11.9 Å². The smallest absolute Gasteiger partial charge is 0.341 e. The van der Waals surface area contributed by atoms with Gasteiger partial charge in [-0.15, -0.1) is 0 Å². The lowest BCUT2D eigenvalue weighted by atomic mass is 10.3. The largest absolute Gasteiger partial charge is 0.482 e. The van der Waals surface area contributed by atoms with Gasteiger partial charge in [-0.2, -0.15) is 0 Å². The van der Waals surface area contributed by atoms with Crippen molar-refractivity contribution >= 4 is 17.6 Å². The predicted octanol–water partition coefficient (Wildman–Crippen LogP) is 0.486. The minimum Gasteiger partial charge on any atom is -0.482 e. The van der Waals surface area contributed by atoms with Crippen LogP contribution in [0.25, 0.3) is 0 Å². The lowest BCUT2D eigenvalue weighted by molar-refractivity contribution is -0.139. The molecule has 0 saturated carbocycles. The maximum absolute atomic E-state index is 11.9. The predicted molar refractivity (Wildman–Crippen MR) is 72.4 cm³/mol. The molecule has 0 saturated heterocycles. The van der Waals surface area contributed by atoms with E-state index in [1.54, 1.807) is 18.2 Å². The molecule has 0 spiro atoms. The molecule has 1 aromatic heterocycles. The zero-order chi connectivity index (χ0) is 15.2. The van der Waals surface area contributed by atoms with Gasteiger partial charge in [0.1, 0.15) is 11.4 Å². The number of ether oxygens (including phenoxy) is 1. The number of hydrogen-bond acceptors (Lipinski definition) is 5. The van der Waals surface area contributed by atoms with Gasteiger partial charge in [-0.3, -0.25) is 9.59 Å². The van der Waals surface area contributed by atoms with Gasteiger partial charge in [0.15, 0.2) is 6.61 Å². The number of carbonyl (C=O) groups is 2. The zero-order valence-electron chi connectivity index (χ0n) is 10.7. The minimum atomic E-state index is -1.10. The number of aromatic amines is 1. The van der Waals surface area contributed by atoms with Crippen molar-refractivity contribution in [2.24, 2.45) is 0 Å². The minimum absolute atomic E-state index is 0.0476. The number of nitrogens with one attached hydrogen (secondary N) is 2. The molecule has 3 N–H and O–H groups in total. The van der Waals surface area contributed by atoms with Gasteiger partial charge in [-0.25, -0.2) is 9.78 Å². The monoisotopic (exact) mass is 289 g/mol. The molecule has 2 aromatic rings. The number of anilines is 1. The highest BCUT2D eigenvalue weighted by Crippen LogP contribution is 2.17. The SMILES string of the molecule is O=C(O)COc1cccc(NC(=O)c2c[nH]c(=O)cn2)c1. The van der Waals surface area contributed by atoms with Gasteiger partial charge in [0.05, 0.1) is 6.20 Å². The Labute approximate surface area is 118 Å². The van der Waals surface area contributed by atoms with E-state index in [4.69, 9.17) is 9.84 Å². The summed E-state index contributed by atoms with van der Waals surface area (Å²) < 4.78 is 5.00. The molecule has 0 aliphatic heterocycles. The summed E-state index contributed by atoms with van der Waals surface area (Å²) in [5, 5.41) is 11.1. The van der Waals surface area contributed by atoms with Gasteiger partial charge in [-0.1, -0.05) is 6.07 Å². The lowest BCUT2D eigenvalue weighted by Gasteiger charge is -2.07. The Morgan fingerprint density at radius 1 is 1.38 bits per heavy atom. The van der Waals surface area contributed by atoms with Crippen LogP contribution in [-0.4, -0.2) is 33.6 Å². The summed E-state index contributed by atoms with van der Waals surface area (Å²) in [5.74, 6) is -1.30. The topological polar surface area (TPSA) is 121 Å². The molecule has 2 rings (SSSR count). The van der Waals surface area contributed by atoms with E-state index in [1.807, 2.05) is 0 Å². The van der Waals surface area contributed by atoms with Gasteiger partial charge in [-0.05, 0) is 12.1 Å². The van der Waals surface area contributed by atoms with Crippen LogP contribution in [0.15, 0.2) is 41.5 Å². The van der Waals surface area contributed by atoms with E-state index in [2.05, 4.69) is 15.3 Å². The quantitative estimate of drug-likeness (QED) is 0.736. The van der Waals surface area contributed by atoms with E-state index in [1.165, 1.54) is 12.3 Å². The molecule has 21 heavy (non-hydrogen) atoms. The van der Waals surface area contributed by atoms with Gasteiger partial charge in [0.25, 0.3) is 11.5 Å². The molecule has 0 fully saturated rings. The first-order valence-corrected chi connectivity index (χ1v) is 5.85. The average molecular weight is 289 g/mol. The third kappa shape index (κ3) is 4.16. The number of carboxylic acid groups (broad SMARTS) is 1. The Morgan fingerprint density at radius 3 is 2.86 bits per heavy atom. The number of aromatic nitrogens is 2. The fourth-order valence-electron chi connectivity index (χ4n) is 1.47. The van der Waals surface area contributed by atoms with Crippen molar-refractivity contribution in [2.45, 2.75) is 0 Å². The summed E-state index contributed by atoms with van der Waals surface area (Å²) >= 11 is 0. The third-order valence-corrected chi connectivity index (χ3v) is 2.36. The first kappa shape index (κ1) is 14.3. The second-order valence-electron chi connectivity index (χ2n) is 3.96. The number of carbonyl (C=O) groups excluding carboxylic acids is 1. The Balaban J connectivity index is 2.06. The number of benzene rings is 1. The Hall–Kier alpha value is -3.16. The molecule has 8 nitrogen and oxygen atoms in total. The standard InChI is InChI=1S/C13H11N3O5/c17-11-6-14-10(5-15-11)13(20)16-8-2-1-3-9(4-8)21-7-12(18)19/h1-6H,7H2,(H,15,17)(H,16,20)(H,18,19). The van der Waals surface area contributed by atoms with Crippen LogP contribution in [0.5, 0.6) is 5.75 Å². The van der Waals surface area contributed by atoms with Gasteiger partial charge in [0.2, 0.25) is 0 Å². The molecule has 108 valence electrons. The number of aliphatic carboxylic acids is 1. The van der Waals surface area contributed by atoms with Crippen LogP contribution in [0.4, 0.5) is 5.69 Å². The molecule has 0 aliphatic rings. The highest BCUT2D eigenvalue weighted by molar-refractivity contribution is 6.02. The number of amides is 1. The van der Waals surface area contributed by atoms with E-state index in [-0.39, 0.29) is 5.69 Å². The normalized spacial score (nSPS) is 9.90. The lowest BCUT2D eigenvalue weighted by Crippen LogP contribution is -2.17. The summed E-state index contributed by atoms with van der Waals surface area (Å²) in [6, 6.07) is 6.26. The highest BCUT2D eigenvalue weighted by atomic mass is 16.5. The summed E-state index contributed by atoms with van der Waals surface area (Å²) in [4.78, 5) is 39.2. The summed E-state index contributed by atoms with van der Waals surface area (Å²) in [7, 11) is 0. The van der Waals surface area contributed by atoms with Crippen molar-refractivity contribution in [3.05, 3.63) is 52.7 Å². The number of hydrogen-bond donors (Lipinski definition) is 3. The second-order valence-corrected chi connectivity index (χ2v) is 3.96. The average Bonchev–Trinajstić information content (AvgIpc) is 2.46. The third-order valence-electron chi connectivity index (χ3n) is 2.36. The molecule has 0 bridgehead atoms. The highest BCUT2D eigenvalue weighted by Gasteiger charge is 2.08. The van der Waals surface area contributed by atoms with Gasteiger partial charge in [0, 0.05) is 18.0 Å². The molecule has 0 radical (unpaired) electrons. The van der Waals surface area contributed by atoms with Crippen LogP contribution in [0.1, 0.15) is 10.5 Å². The van der Waals surface area contributed by atoms with Crippen molar-refractivity contribution in [1.29, 1.82) is 0 Å². The molecular weight excluding hydrogens is 278 g/mol. The number of rotatable bonds is 5. The Kier molecular flexibility index (Phi) is 4.30. The maximum atomic E-state index is 11.9. The van der Waals surface area contributed by atoms with Crippen LogP contribution in [0.2, 0.25) is 0 Å². The second kappa shape index (κ2) is 6.33. The van der Waals surface area contributed by atoms with Crippen molar-refractivity contribution in [3.8, 4) is 5.75 Å².